The van der Waals surface area contributed by atoms with Crippen LogP contribution in [0.4, 0.5) is 4.39 Å². The standard InChI is InChI=1S/C15H22FN3O/c1-10(17)11-4-6-19(7-5-11)9-13-8-12(15(18)20)2-3-14(13)16/h2-3,8,10-11H,4-7,9,17H2,1H3,(H2,18,20). The van der Waals surface area contributed by atoms with Crippen LogP contribution in [-0.4, -0.2) is 29.9 Å². The number of carbonyl (C=O) groups is 1. The van der Waals surface area contributed by atoms with Crippen LogP contribution >= 0.6 is 0 Å². The van der Waals surface area contributed by atoms with Crippen LogP contribution < -0.4 is 11.5 Å². The van der Waals surface area contributed by atoms with Gasteiger partial charge in [-0.2, -0.15) is 0 Å². The second-order valence-corrected chi connectivity index (χ2v) is 5.64. The summed E-state index contributed by atoms with van der Waals surface area (Å²) in [4.78, 5) is 13.3. The molecule has 1 aromatic rings. The summed E-state index contributed by atoms with van der Waals surface area (Å²) in [6.45, 7) is 4.37. The average molecular weight is 279 g/mol. The number of carbonyl (C=O) groups excluding carboxylic acids is 1. The lowest BCUT2D eigenvalue weighted by Gasteiger charge is -2.33. The predicted molar refractivity (Wildman–Crippen MR) is 76.6 cm³/mol. The van der Waals surface area contributed by atoms with E-state index in [2.05, 4.69) is 4.90 Å². The predicted octanol–water partition coefficient (Wildman–Crippen LogP) is 1.48. The SMILES string of the molecule is CC(N)C1CCN(Cc2cc(C(N)=O)ccc2F)CC1. The molecule has 0 bridgehead atoms. The number of hydrogen-bond donors (Lipinski definition) is 2. The van der Waals surface area contributed by atoms with Gasteiger partial charge in [-0.15, -0.1) is 0 Å². The zero-order valence-electron chi connectivity index (χ0n) is 11.8. The van der Waals surface area contributed by atoms with Crippen LogP contribution in [0.5, 0.6) is 0 Å². The topological polar surface area (TPSA) is 72.3 Å². The van der Waals surface area contributed by atoms with E-state index in [0.717, 1.165) is 25.9 Å². The van der Waals surface area contributed by atoms with Crippen molar-refractivity contribution in [2.45, 2.75) is 32.4 Å². The molecule has 0 radical (unpaired) electrons. The van der Waals surface area contributed by atoms with Gasteiger partial charge in [-0.3, -0.25) is 9.69 Å². The first-order valence-electron chi connectivity index (χ1n) is 7.03. The Morgan fingerprint density at radius 2 is 2.10 bits per heavy atom. The lowest BCUT2D eigenvalue weighted by molar-refractivity contribution is 0.1000. The third-order valence-corrected chi connectivity index (χ3v) is 4.10. The highest BCUT2D eigenvalue weighted by Crippen LogP contribution is 2.22. The molecule has 1 aromatic carbocycles. The lowest BCUT2D eigenvalue weighted by Crippen LogP contribution is -2.39. The number of halogens is 1. The molecule has 5 heteroatoms. The molecule has 1 fully saturated rings. The summed E-state index contributed by atoms with van der Waals surface area (Å²) in [7, 11) is 0. The zero-order valence-corrected chi connectivity index (χ0v) is 11.8. The average Bonchev–Trinajstić information content (AvgIpc) is 2.41. The van der Waals surface area contributed by atoms with Crippen molar-refractivity contribution in [1.29, 1.82) is 0 Å². The van der Waals surface area contributed by atoms with Gasteiger partial charge in [0.25, 0.3) is 0 Å². The number of amides is 1. The molecule has 4 N–H and O–H groups in total. The van der Waals surface area contributed by atoms with Gasteiger partial charge in [0.1, 0.15) is 5.82 Å². The molecule has 0 aromatic heterocycles. The maximum absolute atomic E-state index is 13.8. The Morgan fingerprint density at radius 1 is 1.45 bits per heavy atom. The van der Waals surface area contributed by atoms with Crippen LogP contribution in [0.3, 0.4) is 0 Å². The van der Waals surface area contributed by atoms with Gasteiger partial charge in [-0.1, -0.05) is 0 Å². The summed E-state index contributed by atoms with van der Waals surface area (Å²) >= 11 is 0. The third-order valence-electron chi connectivity index (χ3n) is 4.10. The highest BCUT2D eigenvalue weighted by atomic mass is 19.1. The minimum atomic E-state index is -0.526. The first-order valence-corrected chi connectivity index (χ1v) is 7.03. The van der Waals surface area contributed by atoms with E-state index in [1.54, 1.807) is 6.07 Å². The molecule has 20 heavy (non-hydrogen) atoms. The van der Waals surface area contributed by atoms with E-state index in [-0.39, 0.29) is 11.9 Å². The van der Waals surface area contributed by atoms with E-state index in [4.69, 9.17) is 11.5 Å². The number of piperidine rings is 1. The Bertz CT molecular complexity index is 482. The lowest BCUT2D eigenvalue weighted by atomic mass is 9.91. The van der Waals surface area contributed by atoms with Crippen molar-refractivity contribution in [2.24, 2.45) is 17.4 Å². The molecule has 1 aliphatic rings. The maximum atomic E-state index is 13.8. The van der Waals surface area contributed by atoms with Crippen LogP contribution in [0, 0.1) is 11.7 Å². The maximum Gasteiger partial charge on any atom is 0.248 e. The van der Waals surface area contributed by atoms with Crippen molar-refractivity contribution < 1.29 is 9.18 Å². The molecular weight excluding hydrogens is 257 g/mol. The van der Waals surface area contributed by atoms with E-state index in [9.17, 15) is 9.18 Å². The van der Waals surface area contributed by atoms with Gasteiger partial charge in [-0.25, -0.2) is 4.39 Å². The molecule has 1 heterocycles. The molecule has 1 aliphatic heterocycles. The van der Waals surface area contributed by atoms with Crippen molar-refractivity contribution in [1.82, 2.24) is 4.90 Å². The van der Waals surface area contributed by atoms with Crippen LogP contribution in [0.1, 0.15) is 35.7 Å². The van der Waals surface area contributed by atoms with Crippen LogP contribution in [0.25, 0.3) is 0 Å². The second kappa shape index (κ2) is 6.33. The van der Waals surface area contributed by atoms with Gasteiger partial charge in [-0.05, 0) is 57.0 Å². The Kier molecular flexibility index (Phi) is 4.73. The monoisotopic (exact) mass is 279 g/mol. The molecule has 0 saturated carbocycles. The van der Waals surface area contributed by atoms with Gasteiger partial charge >= 0.3 is 0 Å². The number of rotatable bonds is 4. The number of hydrogen-bond acceptors (Lipinski definition) is 3. The van der Waals surface area contributed by atoms with E-state index in [1.807, 2.05) is 6.92 Å². The van der Waals surface area contributed by atoms with Crippen molar-refractivity contribution in [3.05, 3.63) is 35.1 Å². The quantitative estimate of drug-likeness (QED) is 0.877. The molecular formula is C15H22FN3O. The van der Waals surface area contributed by atoms with Crippen LogP contribution in [-0.2, 0) is 6.54 Å². The summed E-state index contributed by atoms with van der Waals surface area (Å²) in [5.74, 6) is -0.265. The molecule has 0 spiro atoms. The Labute approximate surface area is 118 Å². The van der Waals surface area contributed by atoms with E-state index in [0.29, 0.717) is 23.6 Å². The van der Waals surface area contributed by atoms with Crippen molar-refractivity contribution in [2.75, 3.05) is 13.1 Å². The second-order valence-electron chi connectivity index (χ2n) is 5.64. The molecule has 0 aliphatic carbocycles. The molecule has 4 nitrogen and oxygen atoms in total. The number of benzene rings is 1. The minimum Gasteiger partial charge on any atom is -0.366 e. The molecule has 110 valence electrons. The zero-order chi connectivity index (χ0) is 14.7. The molecule has 1 atom stereocenters. The third kappa shape index (κ3) is 3.55. The largest absolute Gasteiger partial charge is 0.366 e. The van der Waals surface area contributed by atoms with Crippen molar-refractivity contribution >= 4 is 5.91 Å². The number of nitrogens with zero attached hydrogens (tertiary/aromatic N) is 1. The molecule has 1 saturated heterocycles. The number of likely N-dealkylation sites (tertiary alicyclic amines) is 1. The van der Waals surface area contributed by atoms with E-state index in [1.165, 1.54) is 12.1 Å². The summed E-state index contributed by atoms with van der Waals surface area (Å²) < 4.78 is 13.8. The van der Waals surface area contributed by atoms with Gasteiger partial charge in [0.05, 0.1) is 0 Å². The Morgan fingerprint density at radius 3 is 2.65 bits per heavy atom. The fourth-order valence-corrected chi connectivity index (χ4v) is 2.73. The molecule has 1 amide bonds. The van der Waals surface area contributed by atoms with Crippen molar-refractivity contribution in [3.63, 3.8) is 0 Å². The Hall–Kier alpha value is -1.46. The van der Waals surface area contributed by atoms with Gasteiger partial charge < -0.3 is 11.5 Å². The molecule has 1 unspecified atom stereocenters. The van der Waals surface area contributed by atoms with Gasteiger partial charge in [0.15, 0.2) is 0 Å². The Balaban J connectivity index is 2.00. The fraction of sp³-hybridized carbons (Fsp3) is 0.533. The number of primary amides is 1. The first-order chi connectivity index (χ1) is 9.47. The fourth-order valence-electron chi connectivity index (χ4n) is 2.73. The smallest absolute Gasteiger partial charge is 0.248 e. The normalized spacial score (nSPS) is 18.9. The van der Waals surface area contributed by atoms with E-state index >= 15 is 0 Å². The summed E-state index contributed by atoms with van der Waals surface area (Å²) in [5.41, 5.74) is 12.0. The highest BCUT2D eigenvalue weighted by Gasteiger charge is 2.22. The van der Waals surface area contributed by atoms with Crippen molar-refractivity contribution in [3.8, 4) is 0 Å². The van der Waals surface area contributed by atoms with Crippen LogP contribution in [0.15, 0.2) is 18.2 Å². The van der Waals surface area contributed by atoms with E-state index < -0.39 is 5.91 Å². The summed E-state index contributed by atoms with van der Waals surface area (Å²) in [6.07, 6.45) is 2.07. The van der Waals surface area contributed by atoms with Gasteiger partial charge in [0, 0.05) is 23.7 Å². The molecule has 2 rings (SSSR count). The minimum absolute atomic E-state index is 0.215. The van der Waals surface area contributed by atoms with Gasteiger partial charge in [0.2, 0.25) is 5.91 Å². The first kappa shape index (κ1) is 14.9. The summed E-state index contributed by atoms with van der Waals surface area (Å²) in [6, 6.07) is 4.50. The summed E-state index contributed by atoms with van der Waals surface area (Å²) in [5, 5.41) is 0. The highest BCUT2D eigenvalue weighted by molar-refractivity contribution is 5.92. The number of nitrogens with two attached hydrogens (primary N) is 2. The van der Waals surface area contributed by atoms with Crippen LogP contribution in [0.2, 0.25) is 0 Å².